The first-order valence-electron chi connectivity index (χ1n) is 2.40. The molecule has 0 radical (unpaired) electrons. The van der Waals surface area contributed by atoms with Crippen molar-refractivity contribution in [3.63, 3.8) is 0 Å². The van der Waals surface area contributed by atoms with Crippen LogP contribution >= 0.6 is 7.82 Å². The van der Waals surface area contributed by atoms with Crippen molar-refractivity contribution in [2.24, 2.45) is 0 Å². The van der Waals surface area contributed by atoms with Crippen LogP contribution in [0.4, 0.5) is 0 Å². The zero-order chi connectivity index (χ0) is 6.91. The summed E-state index contributed by atoms with van der Waals surface area (Å²) < 4.78 is 19.2. The van der Waals surface area contributed by atoms with Crippen LogP contribution in [0.1, 0.15) is 0 Å². The summed E-state index contributed by atoms with van der Waals surface area (Å²) in [5, 5.41) is 0. The Hall–Kier alpha value is 0.0700. The van der Waals surface area contributed by atoms with Gasteiger partial charge in [-0.3, -0.25) is 13.9 Å². The molecule has 0 atom stereocenters. The van der Waals surface area contributed by atoms with Crippen molar-refractivity contribution in [2.45, 2.75) is 0 Å². The maximum absolute atomic E-state index is 10.5. The first-order valence-corrected chi connectivity index (χ1v) is 3.90. The van der Waals surface area contributed by atoms with E-state index in [1.807, 2.05) is 0 Å². The van der Waals surface area contributed by atoms with Gasteiger partial charge in [-0.2, -0.15) is 0 Å². The molecule has 0 bridgehead atoms. The van der Waals surface area contributed by atoms with Crippen molar-refractivity contribution in [3.05, 3.63) is 0 Å². The molecule has 0 unspecified atom stereocenters. The Labute approximate surface area is 52.8 Å². The molecule has 0 saturated carbocycles. The molecule has 0 spiro atoms. The number of hydrogen-bond donors (Lipinski definition) is 1. The third-order valence-corrected chi connectivity index (χ3v) is 1.77. The predicted molar refractivity (Wildman–Crippen MR) is 29.5 cm³/mol. The summed E-state index contributed by atoms with van der Waals surface area (Å²) in [5.74, 6) is 0. The molecule has 9 heavy (non-hydrogen) atoms. The van der Waals surface area contributed by atoms with E-state index < -0.39 is 7.82 Å². The van der Waals surface area contributed by atoms with E-state index in [-0.39, 0.29) is 13.5 Å². The molecule has 1 N–H and O–H groups in total. The third kappa shape index (κ3) is 2.04. The van der Waals surface area contributed by atoms with Crippen molar-refractivity contribution >= 4 is 7.82 Å². The average Bonchev–Trinajstić information content (AvgIpc) is 1.78. The molecule has 54 valence electrons. The molecule has 0 amide bonds. The second-order valence-corrected chi connectivity index (χ2v) is 3.29. The molecule has 0 aliphatic carbocycles. The van der Waals surface area contributed by atoms with E-state index in [1.165, 1.54) is 0 Å². The van der Waals surface area contributed by atoms with Crippen molar-refractivity contribution < 1.29 is 18.5 Å². The van der Waals surface area contributed by atoms with E-state index in [0.29, 0.717) is 0 Å². The smallest absolute Gasteiger partial charge is 0.302 e. The molecule has 1 aliphatic heterocycles. The Morgan fingerprint density at radius 3 is 2.33 bits per heavy atom. The number of rotatable bonds is 0. The minimum atomic E-state index is -3.67. The van der Waals surface area contributed by atoms with Crippen molar-refractivity contribution in [1.29, 1.82) is 0 Å². The highest BCUT2D eigenvalue weighted by molar-refractivity contribution is 7.47. The zero-order valence-corrected chi connectivity index (χ0v) is 5.88. The van der Waals surface area contributed by atoms with Gasteiger partial charge in [0.25, 0.3) is 0 Å². The van der Waals surface area contributed by atoms with E-state index in [1.54, 1.807) is 11.9 Å². The van der Waals surface area contributed by atoms with Gasteiger partial charge in [-0.1, -0.05) is 0 Å². The van der Waals surface area contributed by atoms with Crippen LogP contribution in [0.3, 0.4) is 0 Å². The highest BCUT2D eigenvalue weighted by Crippen LogP contribution is 2.45. The van der Waals surface area contributed by atoms with E-state index in [0.717, 1.165) is 0 Å². The monoisotopic (exact) mass is 153 g/mol. The minimum Gasteiger partial charge on any atom is -0.302 e. The van der Waals surface area contributed by atoms with Crippen LogP contribution < -0.4 is 0 Å². The van der Waals surface area contributed by atoms with Gasteiger partial charge < -0.3 is 4.89 Å². The highest BCUT2D eigenvalue weighted by atomic mass is 31.2. The van der Waals surface area contributed by atoms with Crippen molar-refractivity contribution in [2.75, 3.05) is 20.5 Å². The fourth-order valence-corrected chi connectivity index (χ4v) is 1.18. The number of hydrogen-bond acceptors (Lipinski definition) is 4. The standard InChI is InChI=1S/C3H8NO4P/c1-4-2-7-9(5,6)8-3-4/h2-3H2,1H3,(H,5,6). The van der Waals surface area contributed by atoms with Gasteiger partial charge in [0.15, 0.2) is 0 Å². The van der Waals surface area contributed by atoms with Crippen LogP contribution in [0.25, 0.3) is 0 Å². The summed E-state index contributed by atoms with van der Waals surface area (Å²) >= 11 is 0. The molecule has 5 nitrogen and oxygen atoms in total. The third-order valence-electron chi connectivity index (χ3n) is 0.883. The first-order chi connectivity index (χ1) is 4.10. The summed E-state index contributed by atoms with van der Waals surface area (Å²) in [7, 11) is -1.94. The number of phosphoric ester groups is 1. The summed E-state index contributed by atoms with van der Waals surface area (Å²) in [6.45, 7) is 0.293. The van der Waals surface area contributed by atoms with E-state index in [2.05, 4.69) is 9.05 Å². The Balaban J connectivity index is 2.44. The molecule has 0 aromatic rings. The molecule has 1 fully saturated rings. The van der Waals surface area contributed by atoms with Gasteiger partial charge in [0.05, 0.1) is 0 Å². The fraction of sp³-hybridized carbons (Fsp3) is 1.00. The van der Waals surface area contributed by atoms with Crippen molar-refractivity contribution in [1.82, 2.24) is 4.90 Å². The molecule has 1 aliphatic rings. The lowest BCUT2D eigenvalue weighted by Gasteiger charge is -2.24. The van der Waals surface area contributed by atoms with Crippen LogP contribution in [0.15, 0.2) is 0 Å². The molecule has 0 aromatic heterocycles. The van der Waals surface area contributed by atoms with Crippen LogP contribution in [-0.4, -0.2) is 30.3 Å². The van der Waals surface area contributed by atoms with Crippen LogP contribution in [0.2, 0.25) is 0 Å². The van der Waals surface area contributed by atoms with Gasteiger partial charge in [-0.05, 0) is 7.05 Å². The number of nitrogens with zero attached hydrogens (tertiary/aromatic N) is 1. The molecular formula is C3H8NO4P. The molecule has 6 heteroatoms. The summed E-state index contributed by atoms with van der Waals surface area (Å²) in [5.41, 5.74) is 0. The van der Waals surface area contributed by atoms with Crippen LogP contribution in [0.5, 0.6) is 0 Å². The van der Waals surface area contributed by atoms with Gasteiger partial charge in [-0.15, -0.1) is 0 Å². The molecule has 1 rings (SSSR count). The SMILES string of the molecule is CN1COP(=O)(O)OC1. The van der Waals surface area contributed by atoms with Gasteiger partial charge in [0.1, 0.15) is 13.5 Å². The zero-order valence-electron chi connectivity index (χ0n) is 4.98. The summed E-state index contributed by atoms with van der Waals surface area (Å²) in [6.07, 6.45) is 0. The molecule has 1 saturated heterocycles. The average molecular weight is 153 g/mol. The predicted octanol–water partition coefficient (Wildman–Crippen LogP) is -0.0196. The first kappa shape index (κ1) is 7.18. The van der Waals surface area contributed by atoms with Gasteiger partial charge in [0.2, 0.25) is 0 Å². The largest absolute Gasteiger partial charge is 0.474 e. The molecular weight excluding hydrogens is 145 g/mol. The van der Waals surface area contributed by atoms with Gasteiger partial charge in [-0.25, -0.2) is 4.57 Å². The Bertz CT molecular complexity index is 137. The second-order valence-electron chi connectivity index (χ2n) is 1.84. The maximum atomic E-state index is 10.5. The van der Waals surface area contributed by atoms with Crippen molar-refractivity contribution in [3.8, 4) is 0 Å². The quantitative estimate of drug-likeness (QED) is 0.495. The minimum absolute atomic E-state index is 0.147. The van der Waals surface area contributed by atoms with E-state index >= 15 is 0 Å². The summed E-state index contributed by atoms with van der Waals surface area (Å²) in [6, 6.07) is 0. The lowest BCUT2D eigenvalue weighted by atomic mass is 10.9. The lowest BCUT2D eigenvalue weighted by molar-refractivity contribution is -0.0126. The van der Waals surface area contributed by atoms with Crippen LogP contribution in [-0.2, 0) is 13.6 Å². The van der Waals surface area contributed by atoms with Gasteiger partial charge in [0, 0.05) is 0 Å². The van der Waals surface area contributed by atoms with Gasteiger partial charge >= 0.3 is 7.82 Å². The fourth-order valence-electron chi connectivity index (χ4n) is 0.418. The highest BCUT2D eigenvalue weighted by Gasteiger charge is 2.26. The Morgan fingerprint density at radius 2 is 2.00 bits per heavy atom. The topological polar surface area (TPSA) is 59.0 Å². The number of phosphoric acid groups is 1. The van der Waals surface area contributed by atoms with E-state index in [4.69, 9.17) is 4.89 Å². The molecule has 0 aromatic carbocycles. The normalized spacial score (nSPS) is 28.2. The lowest BCUT2D eigenvalue weighted by Crippen LogP contribution is -2.28. The Morgan fingerprint density at radius 1 is 1.56 bits per heavy atom. The summed E-state index contributed by atoms with van der Waals surface area (Å²) in [4.78, 5) is 10.2. The van der Waals surface area contributed by atoms with E-state index in [9.17, 15) is 4.57 Å². The maximum Gasteiger partial charge on any atom is 0.474 e. The second kappa shape index (κ2) is 2.36. The molecule has 1 heterocycles. The van der Waals surface area contributed by atoms with Crippen LogP contribution in [0, 0.1) is 0 Å². The Kier molecular flexibility index (Phi) is 1.88.